The van der Waals surface area contributed by atoms with Gasteiger partial charge in [-0.1, -0.05) is 18.6 Å². The number of likely N-dealkylation sites (tertiary alicyclic amines) is 1. The lowest BCUT2D eigenvalue weighted by molar-refractivity contribution is 0.150. The number of hydrogen-bond acceptors (Lipinski definition) is 4. The molecule has 0 bridgehead atoms. The first kappa shape index (κ1) is 17.4. The van der Waals surface area contributed by atoms with Gasteiger partial charge in [-0.15, -0.1) is 0 Å². The van der Waals surface area contributed by atoms with Gasteiger partial charge in [0.1, 0.15) is 11.5 Å². The number of anilines is 1. The SMILES string of the molecule is COc1ccccc1NC(N)=NCC(c1ccco1)N1CCCCC1. The number of rotatable bonds is 6. The monoisotopic (exact) mass is 342 g/mol. The van der Waals surface area contributed by atoms with Crippen LogP contribution in [0.15, 0.2) is 52.1 Å². The number of aliphatic imine (C=N–C) groups is 1. The summed E-state index contributed by atoms with van der Waals surface area (Å²) >= 11 is 0. The summed E-state index contributed by atoms with van der Waals surface area (Å²) in [5.41, 5.74) is 6.90. The fourth-order valence-electron chi connectivity index (χ4n) is 3.21. The van der Waals surface area contributed by atoms with Crippen molar-refractivity contribution in [1.29, 1.82) is 0 Å². The largest absolute Gasteiger partial charge is 0.495 e. The van der Waals surface area contributed by atoms with Crippen molar-refractivity contribution in [3.8, 4) is 5.75 Å². The number of piperidine rings is 1. The number of methoxy groups -OCH3 is 1. The van der Waals surface area contributed by atoms with Crippen LogP contribution in [0.1, 0.15) is 31.1 Å². The van der Waals surface area contributed by atoms with Gasteiger partial charge in [0, 0.05) is 0 Å². The Labute approximate surface area is 148 Å². The van der Waals surface area contributed by atoms with E-state index in [4.69, 9.17) is 14.9 Å². The maximum Gasteiger partial charge on any atom is 0.193 e. The van der Waals surface area contributed by atoms with Crippen LogP contribution in [0.5, 0.6) is 5.75 Å². The van der Waals surface area contributed by atoms with Crippen molar-refractivity contribution < 1.29 is 9.15 Å². The molecular weight excluding hydrogens is 316 g/mol. The molecule has 1 saturated heterocycles. The third kappa shape index (κ3) is 4.54. The Morgan fingerprint density at radius 2 is 2.04 bits per heavy atom. The molecule has 1 aromatic carbocycles. The normalized spacial score (nSPS) is 17.2. The summed E-state index contributed by atoms with van der Waals surface area (Å²) in [5.74, 6) is 2.05. The molecule has 0 spiro atoms. The quantitative estimate of drug-likeness (QED) is 0.622. The Morgan fingerprint density at radius 1 is 1.24 bits per heavy atom. The van der Waals surface area contributed by atoms with E-state index >= 15 is 0 Å². The van der Waals surface area contributed by atoms with E-state index in [2.05, 4.69) is 15.2 Å². The number of guanidine groups is 1. The van der Waals surface area contributed by atoms with Gasteiger partial charge in [-0.05, 0) is 50.2 Å². The summed E-state index contributed by atoms with van der Waals surface area (Å²) in [5, 5.41) is 3.12. The molecule has 2 heterocycles. The van der Waals surface area contributed by atoms with Gasteiger partial charge in [0.15, 0.2) is 5.96 Å². The third-order valence-corrected chi connectivity index (χ3v) is 4.51. The molecule has 1 fully saturated rings. The Bertz CT molecular complexity index is 678. The van der Waals surface area contributed by atoms with Crippen LogP contribution in [0.2, 0.25) is 0 Å². The summed E-state index contributed by atoms with van der Waals surface area (Å²) in [6.45, 7) is 2.70. The molecule has 1 aromatic heterocycles. The van der Waals surface area contributed by atoms with Gasteiger partial charge in [0.05, 0.1) is 31.6 Å². The number of benzene rings is 1. The zero-order chi connectivity index (χ0) is 17.5. The molecule has 1 unspecified atom stereocenters. The first-order chi connectivity index (χ1) is 12.3. The number of ether oxygens (including phenoxy) is 1. The van der Waals surface area contributed by atoms with Gasteiger partial charge in [-0.25, -0.2) is 0 Å². The highest BCUT2D eigenvalue weighted by Crippen LogP contribution is 2.26. The Balaban J connectivity index is 1.69. The maximum absolute atomic E-state index is 6.09. The molecule has 0 radical (unpaired) electrons. The molecule has 3 rings (SSSR count). The standard InChI is InChI=1S/C19H26N4O2/c1-24-17-9-4-3-8-15(17)22-19(20)21-14-16(18-10-7-13-25-18)23-11-5-2-6-12-23/h3-4,7-10,13,16H,2,5-6,11-12,14H2,1H3,(H3,20,21,22). The van der Waals surface area contributed by atoms with Gasteiger partial charge in [-0.3, -0.25) is 9.89 Å². The highest BCUT2D eigenvalue weighted by Gasteiger charge is 2.24. The first-order valence-electron chi connectivity index (χ1n) is 8.75. The van der Waals surface area contributed by atoms with Crippen LogP contribution in [0, 0.1) is 0 Å². The maximum atomic E-state index is 6.09. The second kappa shape index (κ2) is 8.58. The van der Waals surface area contributed by atoms with E-state index in [1.54, 1.807) is 13.4 Å². The number of nitrogens with zero attached hydrogens (tertiary/aromatic N) is 2. The van der Waals surface area contributed by atoms with Gasteiger partial charge < -0.3 is 20.2 Å². The van der Waals surface area contributed by atoms with Crippen LogP contribution in [-0.4, -0.2) is 37.6 Å². The lowest BCUT2D eigenvalue weighted by atomic mass is 10.1. The molecule has 6 nitrogen and oxygen atoms in total. The first-order valence-corrected chi connectivity index (χ1v) is 8.75. The number of nitrogens with one attached hydrogen (secondary N) is 1. The van der Waals surface area contributed by atoms with Gasteiger partial charge >= 0.3 is 0 Å². The van der Waals surface area contributed by atoms with E-state index in [1.165, 1.54) is 19.3 Å². The highest BCUT2D eigenvalue weighted by molar-refractivity contribution is 5.93. The second-order valence-electron chi connectivity index (χ2n) is 6.18. The van der Waals surface area contributed by atoms with E-state index in [1.807, 2.05) is 36.4 Å². The molecule has 0 aliphatic carbocycles. The lowest BCUT2D eigenvalue weighted by Crippen LogP contribution is -2.36. The fourth-order valence-corrected chi connectivity index (χ4v) is 3.21. The van der Waals surface area contributed by atoms with E-state index in [9.17, 15) is 0 Å². The summed E-state index contributed by atoms with van der Waals surface area (Å²) in [6, 6.07) is 11.7. The van der Waals surface area contributed by atoms with E-state index in [0.717, 1.165) is 30.3 Å². The Kier molecular flexibility index (Phi) is 5.95. The molecule has 3 N–H and O–H groups in total. The van der Waals surface area contributed by atoms with Crippen molar-refractivity contribution >= 4 is 11.6 Å². The zero-order valence-electron chi connectivity index (χ0n) is 14.6. The second-order valence-corrected chi connectivity index (χ2v) is 6.18. The van der Waals surface area contributed by atoms with Crippen molar-refractivity contribution in [3.63, 3.8) is 0 Å². The van der Waals surface area contributed by atoms with Crippen LogP contribution in [0.3, 0.4) is 0 Å². The highest BCUT2D eigenvalue weighted by atomic mass is 16.5. The topological polar surface area (TPSA) is 76.0 Å². The van der Waals surface area contributed by atoms with Crippen molar-refractivity contribution in [2.75, 3.05) is 32.1 Å². The Hall–Kier alpha value is -2.47. The minimum absolute atomic E-state index is 0.119. The number of furan rings is 1. The third-order valence-electron chi connectivity index (χ3n) is 4.51. The summed E-state index contributed by atoms with van der Waals surface area (Å²) in [4.78, 5) is 6.99. The van der Waals surface area contributed by atoms with Crippen molar-refractivity contribution in [1.82, 2.24) is 4.90 Å². The predicted octanol–water partition coefficient (Wildman–Crippen LogP) is 3.24. The molecule has 0 amide bonds. The van der Waals surface area contributed by atoms with Crippen LogP contribution in [-0.2, 0) is 0 Å². The minimum Gasteiger partial charge on any atom is -0.495 e. The predicted molar refractivity (Wildman–Crippen MR) is 100.0 cm³/mol. The van der Waals surface area contributed by atoms with Gasteiger partial charge in [0.25, 0.3) is 0 Å². The summed E-state index contributed by atoms with van der Waals surface area (Å²) in [7, 11) is 1.64. The van der Waals surface area contributed by atoms with Gasteiger partial charge in [0.2, 0.25) is 0 Å². The number of para-hydroxylation sites is 2. The van der Waals surface area contributed by atoms with Crippen LogP contribution < -0.4 is 15.8 Å². The smallest absolute Gasteiger partial charge is 0.193 e. The van der Waals surface area contributed by atoms with E-state index in [0.29, 0.717) is 12.5 Å². The Morgan fingerprint density at radius 3 is 2.76 bits per heavy atom. The zero-order valence-corrected chi connectivity index (χ0v) is 14.6. The van der Waals surface area contributed by atoms with Gasteiger partial charge in [-0.2, -0.15) is 0 Å². The molecule has 2 aromatic rings. The van der Waals surface area contributed by atoms with E-state index in [-0.39, 0.29) is 6.04 Å². The molecule has 134 valence electrons. The number of hydrogen-bond donors (Lipinski definition) is 2. The molecule has 25 heavy (non-hydrogen) atoms. The summed E-state index contributed by atoms with van der Waals surface area (Å²) < 4.78 is 11.0. The van der Waals surface area contributed by atoms with Crippen molar-refractivity contribution in [2.45, 2.75) is 25.3 Å². The molecular formula is C19H26N4O2. The molecule has 1 aliphatic heterocycles. The average molecular weight is 342 g/mol. The minimum atomic E-state index is 0.119. The van der Waals surface area contributed by atoms with Crippen LogP contribution in [0.4, 0.5) is 5.69 Å². The fraction of sp³-hybridized carbons (Fsp3) is 0.421. The van der Waals surface area contributed by atoms with Crippen LogP contribution >= 0.6 is 0 Å². The molecule has 6 heteroatoms. The molecule has 1 atom stereocenters. The van der Waals surface area contributed by atoms with Crippen molar-refractivity contribution in [2.24, 2.45) is 10.7 Å². The van der Waals surface area contributed by atoms with Crippen LogP contribution in [0.25, 0.3) is 0 Å². The average Bonchev–Trinajstić information content (AvgIpc) is 3.18. The van der Waals surface area contributed by atoms with E-state index < -0.39 is 0 Å². The van der Waals surface area contributed by atoms with Crippen molar-refractivity contribution in [3.05, 3.63) is 48.4 Å². The molecule has 0 saturated carbocycles. The lowest BCUT2D eigenvalue weighted by Gasteiger charge is -2.32. The summed E-state index contributed by atoms with van der Waals surface area (Å²) in [6.07, 6.45) is 5.44. The molecule has 1 aliphatic rings. The number of nitrogens with two attached hydrogens (primary N) is 1.